The molecule has 0 heterocycles. The minimum atomic E-state index is 0.731. The lowest BCUT2D eigenvalue weighted by Gasteiger charge is -1.93. The van der Waals surface area contributed by atoms with E-state index in [1.54, 1.807) is 5.54 Å². The number of hydrogen-bond donors (Lipinski definition) is 0. The van der Waals surface area contributed by atoms with Crippen LogP contribution in [-0.4, -0.2) is 0 Å². The molecule has 7 heavy (non-hydrogen) atoms. The summed E-state index contributed by atoms with van der Waals surface area (Å²) in [5.74, 6) is 0.731. The maximum atomic E-state index is 5.27. The molecule has 0 bridgehead atoms. The highest BCUT2D eigenvalue weighted by Crippen LogP contribution is 1.99. The maximum Gasteiger partial charge on any atom is 0.000255 e. The Bertz CT molecular complexity index is 55.2. The molecule has 0 N–H and O–H groups in total. The third kappa shape index (κ3) is 6.03. The first-order chi connectivity index (χ1) is 3.27. The van der Waals surface area contributed by atoms with E-state index in [1.807, 2.05) is 6.08 Å². The fourth-order valence-corrected chi connectivity index (χ4v) is 0.426. The topological polar surface area (TPSA) is 0 Å². The van der Waals surface area contributed by atoms with E-state index >= 15 is 0 Å². The van der Waals surface area contributed by atoms with Gasteiger partial charge < -0.3 is 0 Å². The zero-order valence-corrected chi connectivity index (χ0v) is 5.57. The number of allylic oxidation sites excluding steroid dienone is 1. The van der Waals surface area contributed by atoms with Gasteiger partial charge in [0.05, 0.1) is 0 Å². The minimum Gasteiger partial charge on any atom is -0.0933 e. The molecule has 0 saturated heterocycles. The molecule has 1 heteroatoms. The zero-order valence-electron chi connectivity index (χ0n) is 4.82. The van der Waals surface area contributed by atoms with Gasteiger partial charge in [-0.15, -0.1) is 0 Å². The normalized spacial score (nSPS) is 11.4. The van der Waals surface area contributed by atoms with Crippen LogP contribution in [0.1, 0.15) is 20.3 Å². The van der Waals surface area contributed by atoms with E-state index in [1.165, 1.54) is 0 Å². The Morgan fingerprint density at radius 3 is 2.29 bits per heavy atom. The highest BCUT2D eigenvalue weighted by Gasteiger charge is 1.84. The lowest BCUT2D eigenvalue weighted by molar-refractivity contribution is 0.664. The van der Waals surface area contributed by atoms with Crippen LogP contribution in [0.2, 0.25) is 0 Å². The van der Waals surface area contributed by atoms with Crippen molar-refractivity contribution in [3.8, 4) is 0 Å². The van der Waals surface area contributed by atoms with Gasteiger partial charge in [-0.1, -0.05) is 31.5 Å². The van der Waals surface area contributed by atoms with Crippen molar-refractivity contribution in [2.24, 2.45) is 5.92 Å². The lowest BCUT2D eigenvalue weighted by atomic mass is 10.1. The Balaban J connectivity index is 2.97. The monoisotopic (exact) mass is 118 g/mol. The van der Waals surface area contributed by atoms with Gasteiger partial charge >= 0.3 is 0 Å². The molecule has 0 amide bonds. The largest absolute Gasteiger partial charge is 0.0933 e. The maximum absolute atomic E-state index is 5.27. The Labute approximate surface area is 50.2 Å². The first kappa shape index (κ1) is 7.03. The van der Waals surface area contributed by atoms with Gasteiger partial charge in [0.25, 0.3) is 0 Å². The number of rotatable bonds is 2. The van der Waals surface area contributed by atoms with Gasteiger partial charge in [0.1, 0.15) is 0 Å². The van der Waals surface area contributed by atoms with Crippen molar-refractivity contribution in [2.45, 2.75) is 20.3 Å². The van der Waals surface area contributed by atoms with Crippen LogP contribution in [0.4, 0.5) is 0 Å². The summed E-state index contributed by atoms with van der Waals surface area (Å²) in [4.78, 5) is 0. The molecule has 0 rings (SSSR count). The third-order valence-corrected chi connectivity index (χ3v) is 0.875. The molecule has 0 atom stereocenters. The van der Waals surface area contributed by atoms with Crippen LogP contribution in [0.3, 0.4) is 0 Å². The van der Waals surface area contributed by atoms with E-state index in [9.17, 15) is 0 Å². The molecule has 0 radical (unpaired) electrons. The Morgan fingerprint density at radius 1 is 1.57 bits per heavy atom. The molecule has 0 fully saturated rings. The van der Waals surface area contributed by atoms with Gasteiger partial charge in [0.2, 0.25) is 0 Å². The second-order valence-electron chi connectivity index (χ2n) is 1.99. The van der Waals surface area contributed by atoms with E-state index in [4.69, 9.17) is 11.6 Å². The van der Waals surface area contributed by atoms with Crippen molar-refractivity contribution in [1.82, 2.24) is 0 Å². The van der Waals surface area contributed by atoms with Crippen LogP contribution in [0.15, 0.2) is 11.6 Å². The predicted molar refractivity (Wildman–Crippen MR) is 34.4 cm³/mol. The molecule has 0 aliphatic carbocycles. The lowest BCUT2D eigenvalue weighted by Crippen LogP contribution is -1.79. The van der Waals surface area contributed by atoms with Gasteiger partial charge in [0.15, 0.2) is 0 Å². The van der Waals surface area contributed by atoms with Gasteiger partial charge in [-0.2, -0.15) is 0 Å². The first-order valence-electron chi connectivity index (χ1n) is 2.52. The molecule has 0 aromatic carbocycles. The summed E-state index contributed by atoms with van der Waals surface area (Å²) in [6.45, 7) is 4.33. The minimum absolute atomic E-state index is 0.731. The summed E-state index contributed by atoms with van der Waals surface area (Å²) in [6.07, 6.45) is 3.05. The van der Waals surface area contributed by atoms with E-state index in [2.05, 4.69) is 13.8 Å². The Hall–Kier alpha value is 0.0300. The second-order valence-corrected chi connectivity index (χ2v) is 2.24. The van der Waals surface area contributed by atoms with E-state index in [0.29, 0.717) is 0 Å². The van der Waals surface area contributed by atoms with Gasteiger partial charge in [-0.3, -0.25) is 0 Å². The van der Waals surface area contributed by atoms with E-state index in [-0.39, 0.29) is 0 Å². The molecule has 0 aromatic rings. The molecule has 0 unspecified atom stereocenters. The highest BCUT2D eigenvalue weighted by atomic mass is 35.5. The van der Waals surface area contributed by atoms with Gasteiger partial charge in [-0.05, 0) is 12.3 Å². The van der Waals surface area contributed by atoms with Crippen molar-refractivity contribution < 1.29 is 0 Å². The van der Waals surface area contributed by atoms with Crippen molar-refractivity contribution >= 4 is 11.6 Å². The quantitative estimate of drug-likeness (QED) is 0.523. The first-order valence-corrected chi connectivity index (χ1v) is 2.96. The molecule has 0 aromatic heterocycles. The van der Waals surface area contributed by atoms with Crippen LogP contribution < -0.4 is 0 Å². The molecular weight excluding hydrogens is 108 g/mol. The number of halogens is 1. The van der Waals surface area contributed by atoms with Gasteiger partial charge in [0, 0.05) is 5.54 Å². The van der Waals surface area contributed by atoms with Crippen LogP contribution in [0.25, 0.3) is 0 Å². The molecule has 0 aliphatic heterocycles. The van der Waals surface area contributed by atoms with E-state index in [0.717, 1.165) is 12.3 Å². The average molecular weight is 119 g/mol. The zero-order chi connectivity index (χ0) is 5.70. The van der Waals surface area contributed by atoms with Crippen LogP contribution >= 0.6 is 11.6 Å². The van der Waals surface area contributed by atoms with Crippen LogP contribution in [0, 0.1) is 5.92 Å². The Morgan fingerprint density at radius 2 is 2.14 bits per heavy atom. The average Bonchev–Trinajstić information content (AvgIpc) is 1.61. The molecular formula is C6H11Cl. The number of hydrogen-bond acceptors (Lipinski definition) is 0. The summed E-state index contributed by atoms with van der Waals surface area (Å²) in [7, 11) is 0. The highest BCUT2D eigenvalue weighted by molar-refractivity contribution is 6.25. The van der Waals surface area contributed by atoms with Crippen LogP contribution in [-0.2, 0) is 0 Å². The van der Waals surface area contributed by atoms with E-state index < -0.39 is 0 Å². The fraction of sp³-hybridized carbons (Fsp3) is 0.667. The summed E-state index contributed by atoms with van der Waals surface area (Å²) in [5.41, 5.74) is 1.57. The van der Waals surface area contributed by atoms with Crippen molar-refractivity contribution in [3.05, 3.63) is 11.6 Å². The van der Waals surface area contributed by atoms with Crippen molar-refractivity contribution in [1.29, 1.82) is 0 Å². The summed E-state index contributed by atoms with van der Waals surface area (Å²) >= 11 is 5.27. The summed E-state index contributed by atoms with van der Waals surface area (Å²) < 4.78 is 0. The van der Waals surface area contributed by atoms with Crippen LogP contribution in [0.5, 0.6) is 0 Å². The smallest absolute Gasteiger partial charge is 0.000255 e. The standard InChI is InChI=1S/C6H11Cl/c1-6(2)4-3-5-7/h3,5-6H,4H2,1-2H3/b5-3+. The Kier molecular flexibility index (Phi) is 4.21. The van der Waals surface area contributed by atoms with Crippen molar-refractivity contribution in [3.63, 3.8) is 0 Å². The molecule has 0 aliphatic rings. The third-order valence-electron chi connectivity index (χ3n) is 0.697. The molecule has 0 saturated carbocycles. The fourth-order valence-electron chi connectivity index (χ4n) is 0.324. The molecule has 42 valence electrons. The second kappa shape index (κ2) is 4.20. The summed E-state index contributed by atoms with van der Waals surface area (Å²) in [6, 6.07) is 0. The van der Waals surface area contributed by atoms with Gasteiger partial charge in [-0.25, -0.2) is 0 Å². The SMILES string of the molecule is CC(C)C/C=C/Cl. The van der Waals surface area contributed by atoms with Crippen molar-refractivity contribution in [2.75, 3.05) is 0 Å². The molecule has 0 nitrogen and oxygen atoms in total. The summed E-state index contributed by atoms with van der Waals surface area (Å²) in [5, 5.41) is 0. The molecule has 0 spiro atoms. The predicted octanol–water partition coefficient (Wildman–Crippen LogP) is 2.79.